The van der Waals surface area contributed by atoms with E-state index in [0.29, 0.717) is 65.8 Å². The number of benzene rings is 5. The smallest absolute Gasteiger partial charge is 0.348 e. The fourth-order valence-corrected chi connectivity index (χ4v) is 24.6. The van der Waals surface area contributed by atoms with Gasteiger partial charge >= 0.3 is 11.9 Å². The summed E-state index contributed by atoms with van der Waals surface area (Å²) >= 11 is 16.1. The number of unbranched alkanes of at least 4 members (excludes halogenated alkanes) is 5. The Balaban J connectivity index is 0.000000286. The van der Waals surface area contributed by atoms with Crippen molar-refractivity contribution in [2.24, 2.45) is 29.6 Å². The second-order valence-corrected chi connectivity index (χ2v) is 40.9. The minimum atomic E-state index is -1.49. The lowest BCUT2D eigenvalue weighted by Gasteiger charge is -2.30. The molecule has 11 nitrogen and oxygen atoms in total. The molecule has 8 heterocycles. The van der Waals surface area contributed by atoms with Gasteiger partial charge in [0.2, 0.25) is 0 Å². The lowest BCUT2D eigenvalue weighted by atomic mass is 9.82. The van der Waals surface area contributed by atoms with E-state index in [4.69, 9.17) is 33.2 Å². The third kappa shape index (κ3) is 25.1. The summed E-state index contributed by atoms with van der Waals surface area (Å²) in [7, 11) is 2.79. The van der Waals surface area contributed by atoms with Gasteiger partial charge in [0.25, 0.3) is 0 Å². The highest BCUT2D eigenvalue weighted by Crippen LogP contribution is 2.54. The fraction of sp³-hybridized carbons (Fsp3) is 0.423. The summed E-state index contributed by atoms with van der Waals surface area (Å²) in [5.41, 5.74) is 4.99. The van der Waals surface area contributed by atoms with E-state index in [2.05, 4.69) is 132 Å². The summed E-state index contributed by atoms with van der Waals surface area (Å²) in [6, 6.07) is 55.2. The van der Waals surface area contributed by atoms with Crippen LogP contribution in [0.15, 0.2) is 195 Å². The summed E-state index contributed by atoms with van der Waals surface area (Å²) in [5.74, 6) is 6.32. The number of fused-ring (bicyclic) bond motifs is 2. The van der Waals surface area contributed by atoms with Crippen LogP contribution < -0.4 is 23.7 Å². The number of hydrogen-bond acceptors (Lipinski definition) is 19. The Hall–Kier alpha value is -7.44. The van der Waals surface area contributed by atoms with Crippen LogP contribution in [0.5, 0.6) is 28.7 Å². The highest BCUT2D eigenvalue weighted by atomic mass is 79.9. The van der Waals surface area contributed by atoms with Crippen molar-refractivity contribution < 1.29 is 53.0 Å². The number of ether oxygens (including phenoxy) is 7. The molecule has 2 N–H and O–H groups in total. The molecule has 0 aliphatic heterocycles. The third-order valence-corrected chi connectivity index (χ3v) is 32.6. The normalized spacial score (nSPS) is 13.6. The average Bonchev–Trinajstić information content (AvgIpc) is 1.55. The SMILES string of the molecule is CCCCC(CC)COc1ccc(Br)cc1.CCCCC(CC)COc1ccc(C(O)(c2ccc(OCC(CC)CCCC)cc2)c2sccc2-c2cc3scc(-c4ccsc4C(O)(c4ccc(OCC(CC)CCCC)cc4)c4ccc(OCC(CC)CCCC)cc4)c3s2)cc1.COC(=O)c1sccc1-c1cc2sc(-c3ccsc3C(=O)OC)cc2s1. The largest absolute Gasteiger partial charge is 0.493 e. The number of carbonyl (C=O) groups is 2. The Bertz CT molecular complexity index is 5070. The summed E-state index contributed by atoms with van der Waals surface area (Å²) in [6.45, 7) is 26.0. The number of methoxy groups -OCH3 is 2. The first-order valence-electron chi connectivity index (χ1n) is 44.7. The van der Waals surface area contributed by atoms with E-state index in [-0.39, 0.29) is 11.9 Å². The van der Waals surface area contributed by atoms with Crippen molar-refractivity contribution in [2.45, 2.75) is 209 Å². The van der Waals surface area contributed by atoms with Crippen molar-refractivity contribution in [1.29, 1.82) is 0 Å². The van der Waals surface area contributed by atoms with Gasteiger partial charge in [0.1, 0.15) is 49.7 Å². The molecule has 0 fully saturated rings. The second-order valence-electron chi connectivity index (χ2n) is 32.1. The molecule has 0 aliphatic carbocycles. The Morgan fingerprint density at radius 3 is 0.935 bits per heavy atom. The molecule has 5 atom stereocenters. The van der Waals surface area contributed by atoms with Gasteiger partial charge in [-0.25, -0.2) is 9.59 Å². The molecular weight excluding hydrogens is 1760 g/mol. The van der Waals surface area contributed by atoms with Gasteiger partial charge in [-0.05, 0) is 221 Å². The van der Waals surface area contributed by atoms with Gasteiger partial charge in [0, 0.05) is 66.4 Å². The van der Waals surface area contributed by atoms with Gasteiger partial charge in [-0.15, -0.1) is 90.7 Å². The zero-order valence-corrected chi connectivity index (χ0v) is 82.4. The Morgan fingerprint density at radius 2 is 0.621 bits per heavy atom. The van der Waals surface area contributed by atoms with Crippen LogP contribution in [0.25, 0.3) is 61.2 Å². The van der Waals surface area contributed by atoms with Crippen molar-refractivity contribution in [3.8, 4) is 71.2 Å². The highest BCUT2D eigenvalue weighted by molar-refractivity contribution is 9.10. The van der Waals surface area contributed by atoms with E-state index in [9.17, 15) is 19.8 Å². The molecule has 13 aromatic rings. The molecular formula is C104H125BrO11S8. The van der Waals surface area contributed by atoms with Gasteiger partial charge in [0.05, 0.1) is 61.7 Å². The second kappa shape index (κ2) is 49.2. The minimum absolute atomic E-state index is 0.312. The first-order valence-corrected chi connectivity index (χ1v) is 52.4. The van der Waals surface area contributed by atoms with Gasteiger partial charge in [-0.2, -0.15) is 0 Å². The zero-order valence-electron chi connectivity index (χ0n) is 74.3. The van der Waals surface area contributed by atoms with Crippen LogP contribution in [0.2, 0.25) is 0 Å². The molecule has 0 aliphatic rings. The van der Waals surface area contributed by atoms with Gasteiger partial charge < -0.3 is 43.4 Å². The standard InChI is InChI=1S/C72H92O6S4.C18H12O4S4.C14H21BrO/c1-9-17-21-51(13-5)46-75-59-33-25-55(26-34-59)71(73,56-27-35-60(36-28-56)76-47-52(14-6)22-18-10-2)69-63(41-43-79-69)65-50-81-67-45-66(82-68(65)67)64-42-44-80-70(64)72(74,57-29-37-61(38-30-57)77-48-53(15-7)23-19-11-3)58-31-39-62(40-32-58)78-49-54(16-8)24-20-12-4;1-21-17(19)15-9(3-5-23-15)11-7-13-14(25-11)8-12(26-13)10-4-6-24-16(10)18(20)22-2;1-3-5-6-12(4-2)11-16-14-9-7-13(15)8-10-14/h25-45,50-54,73-74H,9-24,46-49H2,1-8H3;3-8H,1-2H3;7-10,12H,3-6,11H2,1-2H3. The Morgan fingerprint density at radius 1 is 0.339 bits per heavy atom. The molecule has 0 amide bonds. The molecule has 0 spiro atoms. The van der Waals surface area contributed by atoms with Gasteiger partial charge in [-0.3, -0.25) is 0 Å². The number of esters is 2. The average molecular weight is 1890 g/mol. The van der Waals surface area contributed by atoms with Crippen molar-refractivity contribution in [3.63, 3.8) is 0 Å². The third-order valence-electron chi connectivity index (χ3n) is 23.6. The molecule has 124 heavy (non-hydrogen) atoms. The van der Waals surface area contributed by atoms with Crippen LogP contribution in [0.4, 0.5) is 0 Å². The Kier molecular flexibility index (Phi) is 38.6. The number of aliphatic hydroxyl groups is 2. The first-order chi connectivity index (χ1) is 60.4. The summed E-state index contributed by atoms with van der Waals surface area (Å²) < 4.78 is 46.8. The number of halogens is 1. The predicted molar refractivity (Wildman–Crippen MR) is 533 cm³/mol. The molecule has 8 aromatic heterocycles. The van der Waals surface area contributed by atoms with Crippen molar-refractivity contribution in [1.82, 2.24) is 0 Å². The number of thiophene rings is 8. The first kappa shape index (κ1) is 97.2. The molecule has 13 rings (SSSR count). The predicted octanol–water partition coefficient (Wildman–Crippen LogP) is 32.4. The van der Waals surface area contributed by atoms with Gasteiger partial charge in [-0.1, -0.05) is 230 Å². The molecule has 5 aromatic carbocycles. The van der Waals surface area contributed by atoms with Crippen LogP contribution in [-0.4, -0.2) is 69.4 Å². The highest BCUT2D eigenvalue weighted by Gasteiger charge is 2.41. The molecule has 20 heteroatoms. The number of carbonyl (C=O) groups excluding carboxylic acids is 2. The van der Waals surface area contributed by atoms with Crippen LogP contribution in [0, 0.1) is 29.6 Å². The zero-order chi connectivity index (χ0) is 88.0. The number of rotatable bonds is 47. The Labute approximate surface area is 777 Å². The van der Waals surface area contributed by atoms with Crippen LogP contribution >= 0.6 is 107 Å². The molecule has 0 bridgehead atoms. The maximum atomic E-state index is 13.7. The summed E-state index contributed by atoms with van der Waals surface area (Å²) in [6.07, 6.45) is 23.6. The summed E-state index contributed by atoms with van der Waals surface area (Å²) in [5, 5.41) is 37.6. The monoisotopic (exact) mass is 1880 g/mol. The van der Waals surface area contributed by atoms with E-state index in [1.54, 1.807) is 68.0 Å². The van der Waals surface area contributed by atoms with Crippen molar-refractivity contribution in [3.05, 3.63) is 237 Å². The van der Waals surface area contributed by atoms with E-state index in [1.807, 2.05) is 144 Å². The van der Waals surface area contributed by atoms with Crippen molar-refractivity contribution >= 4 is 137 Å². The van der Waals surface area contributed by atoms with E-state index in [1.165, 1.54) is 114 Å². The molecule has 5 unspecified atom stereocenters. The lowest BCUT2D eigenvalue weighted by Crippen LogP contribution is -2.28. The van der Waals surface area contributed by atoms with E-state index in [0.717, 1.165) is 184 Å². The molecule has 662 valence electrons. The maximum Gasteiger partial charge on any atom is 0.348 e. The fourth-order valence-electron chi connectivity index (χ4n) is 15.5. The maximum absolute atomic E-state index is 13.7. The molecule has 0 saturated heterocycles. The van der Waals surface area contributed by atoms with Crippen LogP contribution in [0.3, 0.4) is 0 Å². The van der Waals surface area contributed by atoms with Crippen LogP contribution in [0.1, 0.15) is 249 Å². The van der Waals surface area contributed by atoms with Crippen molar-refractivity contribution in [2.75, 3.05) is 47.3 Å². The molecule has 0 saturated carbocycles. The summed E-state index contributed by atoms with van der Waals surface area (Å²) in [4.78, 5) is 29.9. The van der Waals surface area contributed by atoms with Crippen LogP contribution in [-0.2, 0) is 20.7 Å². The molecule has 0 radical (unpaired) electrons. The number of hydrogen-bond donors (Lipinski definition) is 2. The topological polar surface area (TPSA) is 139 Å². The van der Waals surface area contributed by atoms with E-state index < -0.39 is 11.2 Å². The lowest BCUT2D eigenvalue weighted by molar-refractivity contribution is 0.0598. The van der Waals surface area contributed by atoms with Gasteiger partial charge in [0.15, 0.2) is 0 Å². The quantitative estimate of drug-likeness (QED) is 0.0352. The van der Waals surface area contributed by atoms with E-state index >= 15 is 0 Å². The minimum Gasteiger partial charge on any atom is -0.493 e.